The van der Waals surface area contributed by atoms with Crippen molar-refractivity contribution < 1.29 is 4.79 Å². The van der Waals surface area contributed by atoms with Gasteiger partial charge in [0.25, 0.3) is 0 Å². The number of nitrogens with one attached hydrogen (secondary N) is 2. The lowest BCUT2D eigenvalue weighted by atomic mass is 9.98. The highest BCUT2D eigenvalue weighted by molar-refractivity contribution is 5.95. The first-order chi connectivity index (χ1) is 17.0. The van der Waals surface area contributed by atoms with E-state index in [1.54, 1.807) is 12.4 Å². The fraction of sp³-hybridized carbons (Fsp3) is 0.172. The Morgan fingerprint density at radius 3 is 2.17 bits per heavy atom. The minimum atomic E-state index is -0.512. The van der Waals surface area contributed by atoms with Crippen LogP contribution < -0.4 is 10.6 Å². The highest BCUT2D eigenvalue weighted by atomic mass is 16.2. The van der Waals surface area contributed by atoms with Crippen LogP contribution in [-0.4, -0.2) is 22.4 Å². The Morgan fingerprint density at radius 1 is 0.886 bits per heavy atom. The molecule has 2 N–H and O–H groups in total. The van der Waals surface area contributed by atoms with Gasteiger partial charge in [-0.2, -0.15) is 5.26 Å². The molecule has 0 saturated heterocycles. The molecule has 0 aliphatic heterocycles. The Hall–Kier alpha value is -4.34. The minimum absolute atomic E-state index is 0.130. The van der Waals surface area contributed by atoms with E-state index in [0.717, 1.165) is 33.8 Å². The molecule has 0 aliphatic rings. The van der Waals surface area contributed by atoms with Crippen molar-refractivity contribution in [3.05, 3.63) is 114 Å². The van der Waals surface area contributed by atoms with Gasteiger partial charge in [0.1, 0.15) is 11.9 Å². The second-order valence-corrected chi connectivity index (χ2v) is 8.47. The number of hydrogen-bond acceptors (Lipinski definition) is 5. The van der Waals surface area contributed by atoms with E-state index in [2.05, 4.69) is 33.6 Å². The molecule has 6 heteroatoms. The van der Waals surface area contributed by atoms with Crippen LogP contribution in [-0.2, 0) is 4.79 Å². The third kappa shape index (κ3) is 6.17. The first-order valence-corrected chi connectivity index (χ1v) is 11.5. The Morgan fingerprint density at radius 2 is 1.54 bits per heavy atom. The van der Waals surface area contributed by atoms with E-state index >= 15 is 0 Å². The van der Waals surface area contributed by atoms with Gasteiger partial charge in [-0.05, 0) is 53.8 Å². The molecule has 0 radical (unpaired) electrons. The number of rotatable bonds is 8. The van der Waals surface area contributed by atoms with Crippen molar-refractivity contribution in [2.24, 2.45) is 0 Å². The van der Waals surface area contributed by atoms with Crippen LogP contribution in [0.4, 0.5) is 5.69 Å². The monoisotopic (exact) mass is 461 g/mol. The quantitative estimate of drug-likeness (QED) is 0.367. The number of nitrogens with zero attached hydrogens (tertiary/aromatic N) is 3. The molecule has 0 unspecified atom stereocenters. The number of aryl methyl sites for hydroxylation is 1. The molecule has 1 heterocycles. The normalized spacial score (nSPS) is 12.4. The predicted molar refractivity (Wildman–Crippen MR) is 138 cm³/mol. The van der Waals surface area contributed by atoms with Crippen LogP contribution in [0.5, 0.6) is 0 Å². The van der Waals surface area contributed by atoms with Gasteiger partial charge in [-0.1, -0.05) is 61.5 Å². The molecule has 1 amide bonds. The topological polar surface area (TPSA) is 90.7 Å². The zero-order valence-corrected chi connectivity index (χ0v) is 19.8. The summed E-state index contributed by atoms with van der Waals surface area (Å²) < 4.78 is 0. The maximum absolute atomic E-state index is 13.3. The fourth-order valence-electron chi connectivity index (χ4n) is 3.81. The molecule has 0 fully saturated rings. The molecule has 35 heavy (non-hydrogen) atoms. The highest BCUT2D eigenvalue weighted by Gasteiger charge is 2.21. The molecule has 0 saturated carbocycles. The molecule has 2 atom stereocenters. The first-order valence-electron chi connectivity index (χ1n) is 11.5. The molecule has 0 spiro atoms. The lowest BCUT2D eigenvalue weighted by Gasteiger charge is -2.22. The largest absolute Gasteiger partial charge is 0.324 e. The second-order valence-electron chi connectivity index (χ2n) is 8.47. The SMILES string of the molecule is Cc1ncc(-c2ccc(NC(=O)[C@H](NC[C@@H](C)c3ccc(C#N)cc3)c3ccccc3)cc2)cn1. The average Bonchev–Trinajstić information content (AvgIpc) is 2.90. The molecule has 1 aromatic heterocycles. The van der Waals surface area contributed by atoms with Gasteiger partial charge in [-0.3, -0.25) is 4.79 Å². The van der Waals surface area contributed by atoms with Crippen LogP contribution in [0.25, 0.3) is 11.1 Å². The molecule has 3 aromatic carbocycles. The van der Waals surface area contributed by atoms with E-state index in [0.29, 0.717) is 12.1 Å². The predicted octanol–water partition coefficient (Wildman–Crippen LogP) is 5.40. The number of benzene rings is 3. The van der Waals surface area contributed by atoms with E-state index in [-0.39, 0.29) is 11.8 Å². The number of carbonyl (C=O) groups is 1. The molecular formula is C29H27N5O. The zero-order chi connectivity index (χ0) is 24.6. The van der Waals surface area contributed by atoms with E-state index < -0.39 is 6.04 Å². The van der Waals surface area contributed by atoms with Gasteiger partial charge in [-0.25, -0.2) is 9.97 Å². The Kier molecular flexibility index (Phi) is 7.61. The Balaban J connectivity index is 1.46. The van der Waals surface area contributed by atoms with Gasteiger partial charge < -0.3 is 10.6 Å². The van der Waals surface area contributed by atoms with E-state index in [1.807, 2.05) is 85.8 Å². The summed E-state index contributed by atoms with van der Waals surface area (Å²) in [5.74, 6) is 0.762. The van der Waals surface area contributed by atoms with E-state index in [9.17, 15) is 4.79 Å². The van der Waals surface area contributed by atoms with Crippen molar-refractivity contribution in [1.29, 1.82) is 5.26 Å². The smallest absolute Gasteiger partial charge is 0.246 e. The average molecular weight is 462 g/mol. The van der Waals surface area contributed by atoms with Crippen molar-refractivity contribution in [2.75, 3.05) is 11.9 Å². The Bertz CT molecular complexity index is 1290. The standard InChI is InChI=1S/C29H27N5O/c1-20(23-10-8-22(16-30)9-11-23)17-33-28(25-6-4-3-5-7-25)29(35)34-27-14-12-24(13-15-27)26-18-31-21(2)32-19-26/h3-15,18-20,28,33H,17H2,1-2H3,(H,34,35)/t20-,28-/m1/s1. The maximum Gasteiger partial charge on any atom is 0.246 e. The van der Waals surface area contributed by atoms with Gasteiger partial charge in [0.2, 0.25) is 5.91 Å². The zero-order valence-electron chi connectivity index (χ0n) is 19.8. The number of nitriles is 1. The molecule has 6 nitrogen and oxygen atoms in total. The van der Waals surface area contributed by atoms with Crippen molar-refractivity contribution in [2.45, 2.75) is 25.8 Å². The lowest BCUT2D eigenvalue weighted by molar-refractivity contribution is -0.118. The second kappa shape index (κ2) is 11.2. The molecule has 4 rings (SSSR count). The summed E-state index contributed by atoms with van der Waals surface area (Å²) in [5, 5.41) is 15.5. The van der Waals surface area contributed by atoms with Crippen molar-refractivity contribution in [3.63, 3.8) is 0 Å². The van der Waals surface area contributed by atoms with Crippen molar-refractivity contribution in [1.82, 2.24) is 15.3 Å². The summed E-state index contributed by atoms with van der Waals surface area (Å²) in [6, 6.07) is 26.5. The number of amides is 1. The Labute approximate surface area is 205 Å². The van der Waals surface area contributed by atoms with Crippen LogP contribution in [0, 0.1) is 18.3 Å². The van der Waals surface area contributed by atoms with Crippen LogP contribution in [0.2, 0.25) is 0 Å². The number of hydrogen-bond donors (Lipinski definition) is 2. The minimum Gasteiger partial charge on any atom is -0.324 e. The molecule has 0 aliphatic carbocycles. The van der Waals surface area contributed by atoms with Crippen LogP contribution in [0.1, 0.15) is 41.4 Å². The molecular weight excluding hydrogens is 434 g/mol. The van der Waals surface area contributed by atoms with Gasteiger partial charge in [0.05, 0.1) is 11.6 Å². The van der Waals surface area contributed by atoms with Crippen molar-refractivity contribution >= 4 is 11.6 Å². The van der Waals surface area contributed by atoms with Crippen LogP contribution >= 0.6 is 0 Å². The third-order valence-corrected chi connectivity index (χ3v) is 5.90. The molecule has 174 valence electrons. The number of aromatic nitrogens is 2. The van der Waals surface area contributed by atoms with E-state index in [1.165, 1.54) is 0 Å². The summed E-state index contributed by atoms with van der Waals surface area (Å²) in [5.41, 5.74) is 5.27. The summed E-state index contributed by atoms with van der Waals surface area (Å²) in [6.45, 7) is 4.55. The highest BCUT2D eigenvalue weighted by Crippen LogP contribution is 2.23. The maximum atomic E-state index is 13.3. The fourth-order valence-corrected chi connectivity index (χ4v) is 3.81. The van der Waals surface area contributed by atoms with Gasteiger partial charge >= 0.3 is 0 Å². The first kappa shape index (κ1) is 23.8. The summed E-state index contributed by atoms with van der Waals surface area (Å²) in [7, 11) is 0. The van der Waals surface area contributed by atoms with E-state index in [4.69, 9.17) is 5.26 Å². The summed E-state index contributed by atoms with van der Waals surface area (Å²) >= 11 is 0. The molecule has 4 aromatic rings. The number of carbonyl (C=O) groups excluding carboxylic acids is 1. The van der Waals surface area contributed by atoms with Gasteiger partial charge in [-0.15, -0.1) is 0 Å². The van der Waals surface area contributed by atoms with Crippen LogP contribution in [0.3, 0.4) is 0 Å². The van der Waals surface area contributed by atoms with Gasteiger partial charge in [0.15, 0.2) is 0 Å². The van der Waals surface area contributed by atoms with Crippen molar-refractivity contribution in [3.8, 4) is 17.2 Å². The summed E-state index contributed by atoms with van der Waals surface area (Å²) in [4.78, 5) is 21.8. The molecule has 0 bridgehead atoms. The number of anilines is 1. The third-order valence-electron chi connectivity index (χ3n) is 5.90. The van der Waals surface area contributed by atoms with Gasteiger partial charge in [0, 0.05) is 30.2 Å². The summed E-state index contributed by atoms with van der Waals surface area (Å²) in [6.07, 6.45) is 3.58. The lowest BCUT2D eigenvalue weighted by Crippen LogP contribution is -2.35. The van der Waals surface area contributed by atoms with Crippen LogP contribution in [0.15, 0.2) is 91.3 Å².